The second-order valence-corrected chi connectivity index (χ2v) is 7.50. The first-order valence-electron chi connectivity index (χ1n) is 7.44. The van der Waals surface area contributed by atoms with Crippen molar-refractivity contribution in [3.05, 3.63) is 11.6 Å². The summed E-state index contributed by atoms with van der Waals surface area (Å²) in [5, 5.41) is 3.02. The van der Waals surface area contributed by atoms with E-state index in [0.29, 0.717) is 5.92 Å². The van der Waals surface area contributed by atoms with Gasteiger partial charge in [0.2, 0.25) is 0 Å². The Bertz CT molecular complexity index is 456. The zero-order valence-electron chi connectivity index (χ0n) is 13.3. The maximum Gasteiger partial charge on any atom is 0.410 e. The highest BCUT2D eigenvalue weighted by molar-refractivity contribution is 7.13. The lowest BCUT2D eigenvalue weighted by Crippen LogP contribution is -2.45. The van der Waals surface area contributed by atoms with E-state index >= 15 is 0 Å². The first kappa shape index (κ1) is 16.1. The lowest BCUT2D eigenvalue weighted by Gasteiger charge is -2.35. The van der Waals surface area contributed by atoms with Crippen LogP contribution in [0.1, 0.15) is 33.6 Å². The van der Waals surface area contributed by atoms with Crippen molar-refractivity contribution in [2.75, 3.05) is 31.6 Å². The maximum absolute atomic E-state index is 12.2. The Kier molecular flexibility index (Phi) is 5.08. The van der Waals surface area contributed by atoms with Gasteiger partial charge in [-0.1, -0.05) is 0 Å². The normalized spacial score (nSPS) is 19.4. The first-order valence-corrected chi connectivity index (χ1v) is 8.31. The third-order valence-corrected chi connectivity index (χ3v) is 4.33. The summed E-state index contributed by atoms with van der Waals surface area (Å²) in [6.07, 6.45) is 3.82. The molecule has 1 amide bonds. The van der Waals surface area contributed by atoms with Crippen LogP contribution in [0.5, 0.6) is 0 Å². The Morgan fingerprint density at radius 3 is 2.95 bits per heavy atom. The van der Waals surface area contributed by atoms with Gasteiger partial charge in [0.15, 0.2) is 5.13 Å². The summed E-state index contributed by atoms with van der Waals surface area (Å²) in [5.74, 6) is 0.472. The van der Waals surface area contributed by atoms with Crippen LogP contribution in [0.4, 0.5) is 9.93 Å². The second kappa shape index (κ2) is 6.64. The standard InChI is InChI=1S/C15H25N3O2S/c1-15(2,3)20-14(19)18-8-5-6-12(11-18)10-17(4)13-16-7-9-21-13/h7,9,12H,5-6,8,10-11H2,1-4H3/t12-/m1/s1. The molecule has 0 radical (unpaired) electrons. The van der Waals surface area contributed by atoms with Crippen LogP contribution in [-0.2, 0) is 4.74 Å². The molecular weight excluding hydrogens is 286 g/mol. The van der Waals surface area contributed by atoms with Crippen molar-refractivity contribution in [3.8, 4) is 0 Å². The van der Waals surface area contributed by atoms with Gasteiger partial charge in [-0.2, -0.15) is 0 Å². The summed E-state index contributed by atoms with van der Waals surface area (Å²) >= 11 is 1.64. The van der Waals surface area contributed by atoms with E-state index in [0.717, 1.165) is 37.6 Å². The van der Waals surface area contributed by atoms with Gasteiger partial charge in [-0.15, -0.1) is 11.3 Å². The zero-order valence-corrected chi connectivity index (χ0v) is 14.2. The number of rotatable bonds is 3. The fraction of sp³-hybridized carbons (Fsp3) is 0.733. The maximum atomic E-state index is 12.2. The molecule has 0 saturated carbocycles. The third kappa shape index (κ3) is 4.88. The Labute approximate surface area is 130 Å². The van der Waals surface area contributed by atoms with Crippen molar-refractivity contribution in [3.63, 3.8) is 0 Å². The van der Waals surface area contributed by atoms with Crippen molar-refractivity contribution < 1.29 is 9.53 Å². The minimum absolute atomic E-state index is 0.191. The van der Waals surface area contributed by atoms with Gasteiger partial charge in [0.1, 0.15) is 5.60 Å². The van der Waals surface area contributed by atoms with E-state index < -0.39 is 5.60 Å². The minimum atomic E-state index is -0.429. The molecule has 1 aliphatic rings. The SMILES string of the molecule is CN(C[C@H]1CCCN(C(=O)OC(C)(C)C)C1)c1nccs1. The smallest absolute Gasteiger partial charge is 0.410 e. The highest BCUT2D eigenvalue weighted by Gasteiger charge is 2.28. The van der Waals surface area contributed by atoms with Crippen LogP contribution in [0.15, 0.2) is 11.6 Å². The van der Waals surface area contributed by atoms with Crippen LogP contribution < -0.4 is 4.90 Å². The van der Waals surface area contributed by atoms with Crippen molar-refractivity contribution in [2.24, 2.45) is 5.92 Å². The van der Waals surface area contributed by atoms with Crippen molar-refractivity contribution in [1.82, 2.24) is 9.88 Å². The third-order valence-electron chi connectivity index (χ3n) is 3.45. The Hall–Kier alpha value is -1.30. The fourth-order valence-corrected chi connectivity index (χ4v) is 3.20. The van der Waals surface area contributed by atoms with Gasteiger partial charge in [0, 0.05) is 38.3 Å². The molecule has 1 saturated heterocycles. The zero-order chi connectivity index (χ0) is 15.5. The van der Waals surface area contributed by atoms with Crippen LogP contribution >= 0.6 is 11.3 Å². The molecule has 2 heterocycles. The summed E-state index contributed by atoms with van der Waals surface area (Å²) in [5.41, 5.74) is -0.429. The summed E-state index contributed by atoms with van der Waals surface area (Å²) in [6.45, 7) is 8.21. The summed E-state index contributed by atoms with van der Waals surface area (Å²) < 4.78 is 5.47. The molecule has 5 nitrogen and oxygen atoms in total. The molecule has 118 valence electrons. The number of amides is 1. The Morgan fingerprint density at radius 2 is 2.33 bits per heavy atom. The van der Waals surface area contributed by atoms with Gasteiger partial charge in [-0.05, 0) is 39.5 Å². The molecule has 21 heavy (non-hydrogen) atoms. The predicted octanol–water partition coefficient (Wildman–Crippen LogP) is 3.23. The molecule has 0 spiro atoms. The van der Waals surface area contributed by atoms with Crippen molar-refractivity contribution in [1.29, 1.82) is 0 Å². The number of nitrogens with zero attached hydrogens (tertiary/aromatic N) is 3. The number of carbonyl (C=O) groups is 1. The van der Waals surface area contributed by atoms with Crippen LogP contribution in [0.25, 0.3) is 0 Å². The molecule has 1 fully saturated rings. The number of ether oxygens (including phenoxy) is 1. The summed E-state index contributed by atoms with van der Waals surface area (Å²) in [4.78, 5) is 20.5. The molecule has 1 aliphatic heterocycles. The Balaban J connectivity index is 1.87. The molecule has 0 unspecified atom stereocenters. The quantitative estimate of drug-likeness (QED) is 0.860. The number of carbonyl (C=O) groups excluding carboxylic acids is 1. The van der Waals surface area contributed by atoms with Crippen LogP contribution in [0.2, 0.25) is 0 Å². The average Bonchev–Trinajstić information content (AvgIpc) is 2.91. The minimum Gasteiger partial charge on any atom is -0.444 e. The van der Waals surface area contributed by atoms with Crippen molar-refractivity contribution >= 4 is 22.6 Å². The van der Waals surface area contributed by atoms with Gasteiger partial charge in [0.05, 0.1) is 0 Å². The van der Waals surface area contributed by atoms with Gasteiger partial charge < -0.3 is 14.5 Å². The van der Waals surface area contributed by atoms with Crippen molar-refractivity contribution in [2.45, 2.75) is 39.2 Å². The van der Waals surface area contributed by atoms with E-state index in [9.17, 15) is 4.79 Å². The molecule has 1 aromatic heterocycles. The van der Waals surface area contributed by atoms with Crippen LogP contribution in [-0.4, -0.2) is 48.3 Å². The predicted molar refractivity (Wildman–Crippen MR) is 85.9 cm³/mol. The van der Waals surface area contributed by atoms with E-state index in [1.807, 2.05) is 37.2 Å². The number of likely N-dealkylation sites (tertiary alicyclic amines) is 1. The summed E-state index contributed by atoms with van der Waals surface area (Å²) in [7, 11) is 2.06. The molecule has 0 N–H and O–H groups in total. The fourth-order valence-electron chi connectivity index (χ4n) is 2.58. The van der Waals surface area contributed by atoms with Gasteiger partial charge in [-0.3, -0.25) is 0 Å². The number of piperidine rings is 1. The highest BCUT2D eigenvalue weighted by Crippen LogP contribution is 2.23. The average molecular weight is 311 g/mol. The number of thiazole rings is 1. The van der Waals surface area contributed by atoms with Crippen LogP contribution in [0.3, 0.4) is 0 Å². The second-order valence-electron chi connectivity index (χ2n) is 6.63. The first-order chi connectivity index (χ1) is 9.85. The summed E-state index contributed by atoms with van der Waals surface area (Å²) in [6, 6.07) is 0. The monoisotopic (exact) mass is 311 g/mol. The number of hydrogen-bond acceptors (Lipinski definition) is 5. The lowest BCUT2D eigenvalue weighted by molar-refractivity contribution is 0.0170. The van der Waals surface area contributed by atoms with E-state index in [1.54, 1.807) is 11.3 Å². The largest absolute Gasteiger partial charge is 0.444 e. The van der Waals surface area contributed by atoms with Gasteiger partial charge in [-0.25, -0.2) is 9.78 Å². The van der Waals surface area contributed by atoms with E-state index in [-0.39, 0.29) is 6.09 Å². The van der Waals surface area contributed by atoms with Gasteiger partial charge in [0.25, 0.3) is 0 Å². The topological polar surface area (TPSA) is 45.7 Å². The molecule has 0 aliphatic carbocycles. The Morgan fingerprint density at radius 1 is 1.57 bits per heavy atom. The molecular formula is C15H25N3O2S. The number of anilines is 1. The number of aromatic nitrogens is 1. The molecule has 1 atom stereocenters. The molecule has 0 bridgehead atoms. The van der Waals surface area contributed by atoms with E-state index in [4.69, 9.17) is 4.74 Å². The highest BCUT2D eigenvalue weighted by atomic mass is 32.1. The molecule has 1 aromatic rings. The molecule has 6 heteroatoms. The van der Waals surface area contributed by atoms with Gasteiger partial charge >= 0.3 is 6.09 Å². The number of hydrogen-bond donors (Lipinski definition) is 0. The molecule has 2 rings (SSSR count). The lowest BCUT2D eigenvalue weighted by atomic mass is 9.98. The van der Waals surface area contributed by atoms with E-state index in [1.165, 1.54) is 0 Å². The van der Waals surface area contributed by atoms with Crippen LogP contribution in [0, 0.1) is 5.92 Å². The van der Waals surface area contributed by atoms with E-state index in [2.05, 4.69) is 16.9 Å². The molecule has 0 aromatic carbocycles.